The van der Waals surface area contributed by atoms with E-state index < -0.39 is 6.10 Å². The van der Waals surface area contributed by atoms with Crippen molar-refractivity contribution in [3.8, 4) is 0 Å². The van der Waals surface area contributed by atoms with Gasteiger partial charge in [0.25, 0.3) is 0 Å². The van der Waals surface area contributed by atoms with Crippen molar-refractivity contribution in [3.05, 3.63) is 146 Å². The Bertz CT molecular complexity index is 1450. The maximum atomic E-state index is 12.8. The zero-order valence-corrected chi connectivity index (χ0v) is 42.4. The van der Waals surface area contributed by atoms with Gasteiger partial charge in [-0.2, -0.15) is 0 Å². The molecule has 0 saturated heterocycles. The Morgan fingerprint density at radius 3 is 1.00 bits per heavy atom. The lowest BCUT2D eigenvalue weighted by atomic mass is 10.1. The molecule has 0 aromatic carbocycles. The molecule has 0 N–H and O–H groups in total. The van der Waals surface area contributed by atoms with Crippen LogP contribution in [0.3, 0.4) is 0 Å². The molecule has 66 heavy (non-hydrogen) atoms. The van der Waals surface area contributed by atoms with Gasteiger partial charge >= 0.3 is 11.9 Å². The Morgan fingerprint density at radius 2 is 0.636 bits per heavy atom. The van der Waals surface area contributed by atoms with Crippen LogP contribution in [0.25, 0.3) is 0 Å². The molecule has 0 aliphatic rings. The normalized spacial score (nSPS) is 13.4. The first-order chi connectivity index (χ1) is 32.6. The first kappa shape index (κ1) is 61.8. The fourth-order valence-corrected chi connectivity index (χ4v) is 6.54. The molecule has 5 nitrogen and oxygen atoms in total. The van der Waals surface area contributed by atoms with E-state index in [2.05, 4.69) is 167 Å². The third-order valence-electron chi connectivity index (χ3n) is 10.4. The molecule has 0 heterocycles. The lowest BCUT2D eigenvalue weighted by Crippen LogP contribution is -2.30. The second-order valence-electron chi connectivity index (χ2n) is 16.6. The fourth-order valence-electron chi connectivity index (χ4n) is 6.54. The van der Waals surface area contributed by atoms with Gasteiger partial charge in [-0.1, -0.05) is 199 Å². The molecule has 5 heteroatoms. The molecule has 0 aromatic rings. The topological polar surface area (TPSA) is 61.8 Å². The average molecular weight is 909 g/mol. The zero-order chi connectivity index (χ0) is 47.7. The molecule has 0 aliphatic heterocycles. The summed E-state index contributed by atoms with van der Waals surface area (Å²) in [7, 11) is 0. The van der Waals surface area contributed by atoms with Crippen LogP contribution in [-0.4, -0.2) is 37.9 Å². The maximum absolute atomic E-state index is 12.8. The third-order valence-corrected chi connectivity index (χ3v) is 10.4. The largest absolute Gasteiger partial charge is 0.462 e. The summed E-state index contributed by atoms with van der Waals surface area (Å²) in [6, 6.07) is 0. The summed E-state index contributed by atoms with van der Waals surface area (Å²) < 4.78 is 17.4. The molecular formula is C61H96O5. The van der Waals surface area contributed by atoms with Crippen LogP contribution >= 0.6 is 0 Å². The van der Waals surface area contributed by atoms with E-state index in [4.69, 9.17) is 14.2 Å². The predicted molar refractivity (Wildman–Crippen MR) is 288 cm³/mol. The number of ether oxygens (including phenoxy) is 3. The molecule has 0 fully saturated rings. The van der Waals surface area contributed by atoms with Crippen LogP contribution in [0.1, 0.15) is 201 Å². The number of carbonyl (C=O) groups excluding carboxylic acids is 2. The molecule has 370 valence electrons. The van der Waals surface area contributed by atoms with E-state index in [1.807, 2.05) is 0 Å². The molecule has 0 bridgehead atoms. The number of carbonyl (C=O) groups is 2. The molecular weight excluding hydrogens is 813 g/mol. The number of hydrogen-bond acceptors (Lipinski definition) is 5. The van der Waals surface area contributed by atoms with Gasteiger partial charge in [0.15, 0.2) is 6.10 Å². The molecule has 0 spiro atoms. The van der Waals surface area contributed by atoms with Crippen LogP contribution in [0, 0.1) is 0 Å². The van der Waals surface area contributed by atoms with Crippen molar-refractivity contribution in [2.24, 2.45) is 0 Å². The molecule has 0 aliphatic carbocycles. The van der Waals surface area contributed by atoms with Crippen molar-refractivity contribution in [2.75, 3.05) is 19.8 Å². The van der Waals surface area contributed by atoms with Crippen molar-refractivity contribution >= 4 is 11.9 Å². The summed E-state index contributed by atoms with van der Waals surface area (Å²) in [6.07, 6.45) is 80.0. The van der Waals surface area contributed by atoms with Crippen LogP contribution in [-0.2, 0) is 23.8 Å². The minimum atomic E-state index is -0.588. The highest BCUT2D eigenvalue weighted by Gasteiger charge is 2.17. The smallest absolute Gasteiger partial charge is 0.306 e. The lowest BCUT2D eigenvalue weighted by molar-refractivity contribution is -0.163. The van der Waals surface area contributed by atoms with Gasteiger partial charge in [0.2, 0.25) is 0 Å². The van der Waals surface area contributed by atoms with Gasteiger partial charge in [-0.15, -0.1) is 0 Å². The molecule has 1 unspecified atom stereocenters. The number of allylic oxidation sites excluding steroid dienone is 24. The van der Waals surface area contributed by atoms with Crippen molar-refractivity contribution in [1.82, 2.24) is 0 Å². The molecule has 0 saturated carbocycles. The zero-order valence-electron chi connectivity index (χ0n) is 42.4. The Hall–Kier alpha value is -4.22. The molecule has 0 radical (unpaired) electrons. The summed E-state index contributed by atoms with van der Waals surface area (Å²) in [5.74, 6) is -0.483. The summed E-state index contributed by atoms with van der Waals surface area (Å²) in [6.45, 7) is 7.34. The van der Waals surface area contributed by atoms with E-state index in [9.17, 15) is 9.59 Å². The van der Waals surface area contributed by atoms with Crippen LogP contribution in [0.2, 0.25) is 0 Å². The van der Waals surface area contributed by atoms with Gasteiger partial charge in [-0.3, -0.25) is 9.59 Å². The van der Waals surface area contributed by atoms with Crippen molar-refractivity contribution in [3.63, 3.8) is 0 Å². The number of unbranched alkanes of at least 4 members (excludes halogenated alkanes) is 11. The lowest BCUT2D eigenvalue weighted by Gasteiger charge is -2.18. The van der Waals surface area contributed by atoms with E-state index in [0.717, 1.165) is 167 Å². The minimum absolute atomic E-state index is 0.0388. The van der Waals surface area contributed by atoms with Gasteiger partial charge in [0.1, 0.15) is 6.61 Å². The van der Waals surface area contributed by atoms with E-state index >= 15 is 0 Å². The summed E-state index contributed by atoms with van der Waals surface area (Å²) in [5.41, 5.74) is 0. The van der Waals surface area contributed by atoms with Crippen LogP contribution in [0.4, 0.5) is 0 Å². The standard InChI is InChI=1S/C61H96O5/c1-4-7-10-13-16-19-22-25-28-31-33-36-39-42-45-48-51-54-60(62)65-58-59(57-64-56-53-50-47-44-41-38-35-30-27-24-21-18-15-12-9-6-3)66-61(63)55-52-49-46-43-40-37-34-32-29-26-23-20-17-14-11-8-5-2/h7-12,16-21,25-30,33-34,36-38,41,59H,4-6,13-15,22-24,31-32,35,39-40,42-58H2,1-3H3/b10-7-,11-8-,12-9-,19-16-,20-17-,21-18-,28-25-,29-26-,30-27-,36-33-,37-34-,41-38-. The van der Waals surface area contributed by atoms with Crippen LogP contribution in [0.5, 0.6) is 0 Å². The Labute approximate surface area is 406 Å². The number of esters is 2. The van der Waals surface area contributed by atoms with Crippen LogP contribution < -0.4 is 0 Å². The monoisotopic (exact) mass is 909 g/mol. The molecule has 0 rings (SSSR count). The van der Waals surface area contributed by atoms with Crippen molar-refractivity contribution in [1.29, 1.82) is 0 Å². The first-order valence-electron chi connectivity index (χ1n) is 26.4. The predicted octanol–water partition coefficient (Wildman–Crippen LogP) is 18.1. The summed E-state index contributed by atoms with van der Waals surface area (Å²) in [5, 5.41) is 0. The molecule has 0 aromatic heterocycles. The maximum Gasteiger partial charge on any atom is 0.306 e. The minimum Gasteiger partial charge on any atom is -0.462 e. The summed E-state index contributed by atoms with van der Waals surface area (Å²) >= 11 is 0. The van der Waals surface area contributed by atoms with E-state index in [0.29, 0.717) is 19.4 Å². The summed E-state index contributed by atoms with van der Waals surface area (Å²) in [4.78, 5) is 25.5. The number of hydrogen-bond donors (Lipinski definition) is 0. The average Bonchev–Trinajstić information content (AvgIpc) is 3.32. The van der Waals surface area contributed by atoms with Crippen LogP contribution in [0.15, 0.2) is 146 Å². The van der Waals surface area contributed by atoms with Gasteiger partial charge in [0, 0.05) is 19.4 Å². The highest BCUT2D eigenvalue weighted by molar-refractivity contribution is 5.70. The Kier molecular flexibility index (Phi) is 51.6. The molecule has 0 amide bonds. The first-order valence-corrected chi connectivity index (χ1v) is 26.4. The Morgan fingerprint density at radius 1 is 0.333 bits per heavy atom. The van der Waals surface area contributed by atoms with Gasteiger partial charge in [0.05, 0.1) is 6.61 Å². The van der Waals surface area contributed by atoms with Gasteiger partial charge in [-0.25, -0.2) is 0 Å². The second-order valence-corrected chi connectivity index (χ2v) is 16.6. The number of rotatable bonds is 46. The van der Waals surface area contributed by atoms with Crippen molar-refractivity contribution in [2.45, 2.75) is 207 Å². The fraction of sp³-hybridized carbons (Fsp3) is 0.574. The Balaban J connectivity index is 4.47. The second kappa shape index (κ2) is 55.1. The molecule has 1 atom stereocenters. The highest BCUT2D eigenvalue weighted by atomic mass is 16.6. The van der Waals surface area contributed by atoms with E-state index in [1.165, 1.54) is 0 Å². The van der Waals surface area contributed by atoms with Gasteiger partial charge in [-0.05, 0) is 135 Å². The van der Waals surface area contributed by atoms with Crippen molar-refractivity contribution < 1.29 is 23.8 Å². The highest BCUT2D eigenvalue weighted by Crippen LogP contribution is 2.11. The SMILES string of the molecule is CC/C=C\C/C=C\C/C=C\C/C=C\CCCCCCC(=O)OCC(COCCCCC/C=C\C/C=C\C/C=C\C/C=C\CC)OC(=O)CCCCCC/C=C\C/C=C\C/C=C\C/C=C\CC. The van der Waals surface area contributed by atoms with E-state index in [-0.39, 0.29) is 25.2 Å². The quantitative estimate of drug-likeness (QED) is 0.0346. The van der Waals surface area contributed by atoms with E-state index in [1.54, 1.807) is 0 Å². The third kappa shape index (κ3) is 52.4. The van der Waals surface area contributed by atoms with Gasteiger partial charge < -0.3 is 14.2 Å².